The van der Waals surface area contributed by atoms with Crippen LogP contribution in [0.3, 0.4) is 0 Å². The highest BCUT2D eigenvalue weighted by Crippen LogP contribution is 2.27. The van der Waals surface area contributed by atoms with Crippen LogP contribution in [-0.2, 0) is 14.8 Å². The van der Waals surface area contributed by atoms with Crippen LogP contribution in [-0.4, -0.2) is 34.0 Å². The van der Waals surface area contributed by atoms with Crippen LogP contribution in [0.1, 0.15) is 20.3 Å². The fraction of sp³-hybridized carbons (Fsp3) is 0.462. The van der Waals surface area contributed by atoms with Crippen molar-refractivity contribution < 1.29 is 17.6 Å². The lowest BCUT2D eigenvalue weighted by atomic mass is 10.3. The van der Waals surface area contributed by atoms with E-state index in [0.717, 1.165) is 25.1 Å². The molecule has 0 aliphatic rings. The van der Waals surface area contributed by atoms with E-state index >= 15 is 0 Å². The van der Waals surface area contributed by atoms with Crippen LogP contribution in [0.25, 0.3) is 0 Å². The van der Waals surface area contributed by atoms with Crippen molar-refractivity contribution in [3.05, 3.63) is 23.0 Å². The molecular weight excluding hydrogens is 333 g/mol. The minimum Gasteiger partial charge on any atom is -0.325 e. The number of nitrogens with one attached hydrogen (secondary N) is 3. The number of carbonyl (C=O) groups excluding carboxylic acids is 1. The van der Waals surface area contributed by atoms with Crippen LogP contribution < -0.4 is 15.4 Å². The molecule has 0 saturated carbocycles. The summed E-state index contributed by atoms with van der Waals surface area (Å²) >= 11 is 5.87. The number of anilines is 1. The highest BCUT2D eigenvalue weighted by Gasteiger charge is 2.21. The Kier molecular flexibility index (Phi) is 7.21. The number of amides is 1. The van der Waals surface area contributed by atoms with Gasteiger partial charge in [-0.2, -0.15) is 0 Å². The average Bonchev–Trinajstić information content (AvgIpc) is 2.41. The zero-order valence-corrected chi connectivity index (χ0v) is 13.9. The van der Waals surface area contributed by atoms with E-state index in [1.54, 1.807) is 0 Å². The summed E-state index contributed by atoms with van der Waals surface area (Å²) in [7, 11) is -4.01. The molecule has 1 aromatic carbocycles. The molecule has 1 amide bonds. The van der Waals surface area contributed by atoms with Crippen molar-refractivity contribution in [2.24, 2.45) is 0 Å². The van der Waals surface area contributed by atoms with Crippen LogP contribution in [0, 0.1) is 5.82 Å². The highest BCUT2D eigenvalue weighted by atomic mass is 35.5. The Hall–Kier alpha value is -1.22. The molecule has 0 spiro atoms. The standard InChI is InChI=1S/C13H19ClFN3O3S/c1-3-4-16-5-6-17-22(20,21)13-7-10(14)12(8-11(13)15)18-9(2)19/h7-8,16-17H,3-6H2,1-2H3,(H,18,19). The van der Waals surface area contributed by atoms with Crippen LogP contribution in [0.5, 0.6) is 0 Å². The Bertz CT molecular complexity index is 638. The minimum absolute atomic E-state index is 0.0234. The number of benzene rings is 1. The van der Waals surface area contributed by atoms with E-state index in [4.69, 9.17) is 11.6 Å². The summed E-state index contributed by atoms with van der Waals surface area (Å²) in [5.74, 6) is -1.42. The second-order valence-corrected chi connectivity index (χ2v) is 6.73. The van der Waals surface area contributed by atoms with E-state index in [1.165, 1.54) is 6.92 Å². The Balaban J connectivity index is 2.86. The summed E-state index contributed by atoms with van der Waals surface area (Å²) in [6.45, 7) is 4.57. The van der Waals surface area contributed by atoms with E-state index in [1.807, 2.05) is 6.92 Å². The molecule has 9 heteroatoms. The van der Waals surface area contributed by atoms with Crippen LogP contribution >= 0.6 is 11.6 Å². The van der Waals surface area contributed by atoms with Crippen molar-refractivity contribution in [1.29, 1.82) is 0 Å². The van der Waals surface area contributed by atoms with E-state index in [2.05, 4.69) is 15.4 Å². The molecule has 0 fully saturated rings. The molecule has 3 N–H and O–H groups in total. The monoisotopic (exact) mass is 351 g/mol. The lowest BCUT2D eigenvalue weighted by Gasteiger charge is -2.11. The second-order valence-electron chi connectivity index (χ2n) is 4.59. The maximum atomic E-state index is 14.0. The lowest BCUT2D eigenvalue weighted by molar-refractivity contribution is -0.114. The Morgan fingerprint density at radius 2 is 1.95 bits per heavy atom. The number of hydrogen-bond donors (Lipinski definition) is 3. The van der Waals surface area contributed by atoms with Crippen LogP contribution in [0.15, 0.2) is 17.0 Å². The molecule has 0 saturated heterocycles. The van der Waals surface area contributed by atoms with Gasteiger partial charge in [0.1, 0.15) is 10.7 Å². The van der Waals surface area contributed by atoms with Crippen LogP contribution in [0.2, 0.25) is 5.02 Å². The normalized spacial score (nSPS) is 11.5. The number of halogens is 2. The Labute approximate surface area is 134 Å². The first-order chi connectivity index (χ1) is 10.3. The molecule has 0 aromatic heterocycles. The minimum atomic E-state index is -4.01. The summed E-state index contributed by atoms with van der Waals surface area (Å²) in [6.07, 6.45) is 0.932. The van der Waals surface area contributed by atoms with Gasteiger partial charge in [0.05, 0.1) is 10.7 Å². The van der Waals surface area contributed by atoms with Crippen molar-refractivity contribution in [3.8, 4) is 0 Å². The third kappa shape index (κ3) is 5.53. The van der Waals surface area contributed by atoms with Gasteiger partial charge in [-0.25, -0.2) is 17.5 Å². The van der Waals surface area contributed by atoms with Gasteiger partial charge >= 0.3 is 0 Å². The summed E-state index contributed by atoms with van der Waals surface area (Å²) in [4.78, 5) is 10.4. The molecule has 0 aliphatic heterocycles. The molecule has 0 radical (unpaired) electrons. The van der Waals surface area contributed by atoms with Crippen molar-refractivity contribution in [3.63, 3.8) is 0 Å². The predicted molar refractivity (Wildman–Crippen MR) is 84.1 cm³/mol. The quantitative estimate of drug-likeness (QED) is 0.622. The number of carbonyl (C=O) groups is 1. The van der Waals surface area contributed by atoms with Crippen molar-refractivity contribution in [1.82, 2.24) is 10.0 Å². The van der Waals surface area contributed by atoms with E-state index in [0.29, 0.717) is 6.54 Å². The van der Waals surface area contributed by atoms with E-state index in [-0.39, 0.29) is 17.3 Å². The molecule has 22 heavy (non-hydrogen) atoms. The zero-order chi connectivity index (χ0) is 16.8. The zero-order valence-electron chi connectivity index (χ0n) is 12.4. The summed E-state index contributed by atoms with van der Waals surface area (Å²) in [5.41, 5.74) is 0.0234. The van der Waals surface area contributed by atoms with Gasteiger partial charge in [0.2, 0.25) is 15.9 Å². The topological polar surface area (TPSA) is 87.3 Å². The van der Waals surface area contributed by atoms with Gasteiger partial charge in [0.25, 0.3) is 0 Å². The molecule has 0 unspecified atom stereocenters. The van der Waals surface area contributed by atoms with Gasteiger partial charge in [-0.3, -0.25) is 4.79 Å². The highest BCUT2D eigenvalue weighted by molar-refractivity contribution is 7.89. The summed E-state index contributed by atoms with van der Waals surface area (Å²) in [6, 6.07) is 1.86. The largest absolute Gasteiger partial charge is 0.325 e. The fourth-order valence-electron chi connectivity index (χ4n) is 1.67. The molecular formula is C13H19ClFN3O3S. The van der Waals surface area contributed by atoms with Crippen molar-refractivity contribution >= 4 is 33.2 Å². The van der Waals surface area contributed by atoms with Crippen molar-refractivity contribution in [2.45, 2.75) is 25.2 Å². The van der Waals surface area contributed by atoms with Gasteiger partial charge in [-0.1, -0.05) is 18.5 Å². The number of sulfonamides is 1. The smallest absolute Gasteiger partial charge is 0.243 e. The van der Waals surface area contributed by atoms with Gasteiger partial charge in [0.15, 0.2) is 0 Å². The Morgan fingerprint density at radius 1 is 1.27 bits per heavy atom. The van der Waals surface area contributed by atoms with Gasteiger partial charge in [0, 0.05) is 26.1 Å². The van der Waals surface area contributed by atoms with E-state index < -0.39 is 26.6 Å². The van der Waals surface area contributed by atoms with E-state index in [9.17, 15) is 17.6 Å². The molecule has 1 rings (SSSR count). The molecule has 124 valence electrons. The van der Waals surface area contributed by atoms with Gasteiger partial charge in [-0.05, 0) is 19.0 Å². The lowest BCUT2D eigenvalue weighted by Crippen LogP contribution is -2.32. The second kappa shape index (κ2) is 8.42. The third-order valence-electron chi connectivity index (χ3n) is 2.64. The molecule has 0 bridgehead atoms. The number of rotatable bonds is 8. The summed E-state index contributed by atoms with van der Waals surface area (Å²) in [5, 5.41) is 5.29. The Morgan fingerprint density at radius 3 is 2.55 bits per heavy atom. The predicted octanol–water partition coefficient (Wildman–Crippen LogP) is 1.72. The summed E-state index contributed by atoms with van der Waals surface area (Å²) < 4.78 is 40.3. The first kappa shape index (κ1) is 18.8. The average molecular weight is 352 g/mol. The van der Waals surface area contributed by atoms with Gasteiger partial charge < -0.3 is 10.6 Å². The first-order valence-electron chi connectivity index (χ1n) is 6.75. The molecule has 6 nitrogen and oxygen atoms in total. The van der Waals surface area contributed by atoms with Crippen LogP contribution in [0.4, 0.5) is 10.1 Å². The molecule has 1 aromatic rings. The van der Waals surface area contributed by atoms with Gasteiger partial charge in [-0.15, -0.1) is 0 Å². The SMILES string of the molecule is CCCNCCNS(=O)(=O)c1cc(Cl)c(NC(C)=O)cc1F. The third-order valence-corrected chi connectivity index (χ3v) is 4.43. The molecule has 0 atom stereocenters. The number of hydrogen-bond acceptors (Lipinski definition) is 4. The molecule has 0 heterocycles. The molecule has 0 aliphatic carbocycles. The fourth-order valence-corrected chi connectivity index (χ4v) is 3.06. The maximum Gasteiger partial charge on any atom is 0.243 e. The maximum absolute atomic E-state index is 14.0. The first-order valence-corrected chi connectivity index (χ1v) is 8.61. The van der Waals surface area contributed by atoms with Crippen molar-refractivity contribution in [2.75, 3.05) is 25.0 Å².